The van der Waals surface area contributed by atoms with E-state index in [4.69, 9.17) is 0 Å². The molecule has 6 heteroatoms. The third-order valence-electron chi connectivity index (χ3n) is 2.78. The van der Waals surface area contributed by atoms with E-state index in [9.17, 15) is 9.90 Å². The first-order chi connectivity index (χ1) is 8.65. The van der Waals surface area contributed by atoms with Gasteiger partial charge in [-0.3, -0.25) is 15.1 Å². The second kappa shape index (κ2) is 4.06. The van der Waals surface area contributed by atoms with Crippen molar-refractivity contribution in [3.05, 3.63) is 36.0 Å². The molecule has 3 rings (SSSR count). The normalized spacial score (nSPS) is 22.2. The second-order valence-electron chi connectivity index (χ2n) is 4.06. The molecule has 0 spiro atoms. The summed E-state index contributed by atoms with van der Waals surface area (Å²) in [7, 11) is 0. The lowest BCUT2D eigenvalue weighted by Crippen LogP contribution is -2.31. The predicted octanol–water partition coefficient (Wildman–Crippen LogP) is 1.53. The molecular weight excluding hydrogens is 250 g/mol. The maximum absolute atomic E-state index is 11.9. The zero-order valence-electron chi connectivity index (χ0n) is 9.62. The van der Waals surface area contributed by atoms with Crippen molar-refractivity contribution in [3.63, 3.8) is 0 Å². The average Bonchev–Trinajstić information content (AvgIpc) is 2.66. The van der Waals surface area contributed by atoms with Gasteiger partial charge in [-0.2, -0.15) is 0 Å². The highest BCUT2D eigenvalue weighted by Crippen LogP contribution is 2.30. The highest BCUT2D eigenvalue weighted by atomic mass is 32.2. The summed E-state index contributed by atoms with van der Waals surface area (Å²) in [6, 6.07) is 6.73. The van der Waals surface area contributed by atoms with E-state index in [0.717, 1.165) is 11.3 Å². The van der Waals surface area contributed by atoms with Gasteiger partial charge in [-0.25, -0.2) is 0 Å². The van der Waals surface area contributed by atoms with E-state index in [-0.39, 0.29) is 16.9 Å². The van der Waals surface area contributed by atoms with Crippen LogP contribution in [0.4, 0.5) is 0 Å². The molecular formula is C12H11N3O2S. The Labute approximate surface area is 108 Å². The number of amides is 1. The number of hydrogen-bond acceptors (Lipinski definition) is 5. The fourth-order valence-corrected chi connectivity index (χ4v) is 2.69. The van der Waals surface area contributed by atoms with Crippen molar-refractivity contribution in [2.45, 2.75) is 12.2 Å². The van der Waals surface area contributed by atoms with Crippen molar-refractivity contribution < 1.29 is 9.90 Å². The number of phenols is 1. The number of aromatic hydroxyl groups is 1. The van der Waals surface area contributed by atoms with Gasteiger partial charge in [0.05, 0.1) is 10.9 Å². The van der Waals surface area contributed by atoms with Gasteiger partial charge in [-0.05, 0) is 31.2 Å². The summed E-state index contributed by atoms with van der Waals surface area (Å²) in [5, 5.41) is 14.0. The van der Waals surface area contributed by atoms with E-state index in [2.05, 4.69) is 10.5 Å². The van der Waals surface area contributed by atoms with Crippen molar-refractivity contribution in [2.75, 3.05) is 0 Å². The van der Waals surface area contributed by atoms with E-state index in [0.29, 0.717) is 5.17 Å². The molecule has 0 bridgehead atoms. The summed E-state index contributed by atoms with van der Waals surface area (Å²) in [5.41, 5.74) is 4.53. The van der Waals surface area contributed by atoms with Crippen LogP contribution in [-0.4, -0.2) is 26.3 Å². The Morgan fingerprint density at radius 1 is 1.39 bits per heavy atom. The topological polar surface area (TPSA) is 64.9 Å². The summed E-state index contributed by atoms with van der Waals surface area (Å²) >= 11 is 1.44. The molecule has 1 fully saturated rings. The first-order valence-corrected chi connectivity index (χ1v) is 6.38. The molecule has 1 saturated heterocycles. The van der Waals surface area contributed by atoms with Crippen LogP contribution in [0.2, 0.25) is 0 Å². The van der Waals surface area contributed by atoms with Gasteiger partial charge in [0, 0.05) is 11.8 Å². The molecule has 1 amide bonds. The first-order valence-electron chi connectivity index (χ1n) is 5.50. The summed E-state index contributed by atoms with van der Waals surface area (Å²) in [6.45, 7) is 1.86. The predicted molar refractivity (Wildman–Crippen MR) is 70.6 cm³/mol. The van der Waals surface area contributed by atoms with Crippen LogP contribution in [0.15, 0.2) is 35.6 Å². The number of fused-ring (bicyclic) bond motifs is 1. The lowest BCUT2D eigenvalue weighted by Gasteiger charge is -2.19. The smallest absolute Gasteiger partial charge is 0.246 e. The standard InChI is InChI=1S/C12H11N3O2S/c1-7-11(17)15-6-10(13-14-12(15)18-7)8-2-4-9(16)5-3-8/h2-7,13,16H,1H3/t7-/m0/s1. The van der Waals surface area contributed by atoms with Crippen LogP contribution in [0.25, 0.3) is 5.70 Å². The molecule has 0 radical (unpaired) electrons. The number of carbonyl (C=O) groups is 1. The first kappa shape index (κ1) is 11.2. The van der Waals surface area contributed by atoms with Crippen molar-refractivity contribution in [1.29, 1.82) is 0 Å². The zero-order chi connectivity index (χ0) is 12.7. The number of phenolic OH excluding ortho intramolecular Hbond substituents is 1. The van der Waals surface area contributed by atoms with Crippen LogP contribution in [0, 0.1) is 0 Å². The number of amidine groups is 1. The maximum atomic E-state index is 11.9. The van der Waals surface area contributed by atoms with Gasteiger partial charge in [-0.1, -0.05) is 11.8 Å². The van der Waals surface area contributed by atoms with Crippen LogP contribution < -0.4 is 5.43 Å². The highest BCUT2D eigenvalue weighted by molar-refractivity contribution is 8.15. The number of thioether (sulfide) groups is 1. The van der Waals surface area contributed by atoms with Gasteiger partial charge < -0.3 is 5.11 Å². The molecule has 5 nitrogen and oxygen atoms in total. The number of benzene rings is 1. The Morgan fingerprint density at radius 3 is 2.83 bits per heavy atom. The number of hydrazone groups is 1. The molecule has 92 valence electrons. The molecule has 0 aliphatic carbocycles. The van der Waals surface area contributed by atoms with Crippen LogP contribution in [0.5, 0.6) is 5.75 Å². The number of carbonyl (C=O) groups excluding carboxylic acids is 1. The molecule has 1 atom stereocenters. The molecule has 2 aliphatic heterocycles. The number of hydrogen-bond donors (Lipinski definition) is 2. The Bertz CT molecular complexity index is 565. The van der Waals surface area contributed by atoms with Crippen molar-refractivity contribution in [1.82, 2.24) is 10.3 Å². The Morgan fingerprint density at radius 2 is 2.11 bits per heavy atom. The fraction of sp³-hybridized carbons (Fsp3) is 0.167. The summed E-state index contributed by atoms with van der Waals surface area (Å²) in [5.74, 6) is 0.248. The SMILES string of the molecule is C[C@@H]1SC2=NNC(c3ccc(O)cc3)=CN2C1=O. The number of rotatable bonds is 1. The molecule has 0 saturated carbocycles. The zero-order valence-corrected chi connectivity index (χ0v) is 10.4. The van der Waals surface area contributed by atoms with Gasteiger partial charge in [0.15, 0.2) is 5.17 Å². The quantitative estimate of drug-likeness (QED) is 0.804. The minimum atomic E-state index is -0.0963. The summed E-state index contributed by atoms with van der Waals surface area (Å²) < 4.78 is 0. The van der Waals surface area contributed by atoms with Crippen molar-refractivity contribution >= 4 is 28.5 Å². The molecule has 2 N–H and O–H groups in total. The molecule has 2 aliphatic rings. The fourth-order valence-electron chi connectivity index (χ4n) is 1.80. The van der Waals surface area contributed by atoms with E-state index in [1.807, 2.05) is 6.92 Å². The molecule has 1 aromatic carbocycles. The van der Waals surface area contributed by atoms with Gasteiger partial charge in [0.2, 0.25) is 5.91 Å². The Balaban J connectivity index is 1.93. The van der Waals surface area contributed by atoms with Gasteiger partial charge >= 0.3 is 0 Å². The van der Waals surface area contributed by atoms with Crippen LogP contribution in [0.3, 0.4) is 0 Å². The average molecular weight is 261 g/mol. The number of nitrogens with zero attached hydrogens (tertiary/aromatic N) is 2. The minimum Gasteiger partial charge on any atom is -0.508 e. The molecule has 0 aromatic heterocycles. The van der Waals surface area contributed by atoms with Gasteiger partial charge in [0.1, 0.15) is 5.75 Å². The van der Waals surface area contributed by atoms with Crippen LogP contribution >= 0.6 is 11.8 Å². The summed E-state index contributed by atoms with van der Waals surface area (Å²) in [4.78, 5) is 13.4. The molecule has 2 heterocycles. The Hall–Kier alpha value is -1.95. The monoisotopic (exact) mass is 261 g/mol. The highest BCUT2D eigenvalue weighted by Gasteiger charge is 2.36. The third kappa shape index (κ3) is 1.74. The van der Waals surface area contributed by atoms with Crippen LogP contribution in [-0.2, 0) is 4.79 Å². The van der Waals surface area contributed by atoms with E-state index < -0.39 is 0 Å². The molecule has 18 heavy (non-hydrogen) atoms. The van der Waals surface area contributed by atoms with Crippen molar-refractivity contribution in [3.8, 4) is 5.75 Å². The maximum Gasteiger partial charge on any atom is 0.246 e. The summed E-state index contributed by atoms with van der Waals surface area (Å²) in [6.07, 6.45) is 1.74. The lowest BCUT2D eigenvalue weighted by atomic mass is 10.1. The third-order valence-corrected chi connectivity index (χ3v) is 3.84. The van der Waals surface area contributed by atoms with E-state index in [1.54, 1.807) is 35.4 Å². The lowest BCUT2D eigenvalue weighted by molar-refractivity contribution is -0.124. The second-order valence-corrected chi connectivity index (χ2v) is 5.37. The number of nitrogens with one attached hydrogen (secondary N) is 1. The van der Waals surface area contributed by atoms with E-state index in [1.165, 1.54) is 11.8 Å². The minimum absolute atomic E-state index is 0.0385. The molecule has 1 aromatic rings. The van der Waals surface area contributed by atoms with Crippen LogP contribution in [0.1, 0.15) is 12.5 Å². The van der Waals surface area contributed by atoms with Gasteiger partial charge in [-0.15, -0.1) is 5.10 Å². The van der Waals surface area contributed by atoms with E-state index >= 15 is 0 Å². The molecule has 0 unspecified atom stereocenters. The Kier molecular flexibility index (Phi) is 2.52. The van der Waals surface area contributed by atoms with Gasteiger partial charge in [0.25, 0.3) is 0 Å². The largest absolute Gasteiger partial charge is 0.508 e. The van der Waals surface area contributed by atoms with Crippen molar-refractivity contribution in [2.24, 2.45) is 5.10 Å².